The summed E-state index contributed by atoms with van der Waals surface area (Å²) in [5.74, 6) is -1.61. The van der Waals surface area contributed by atoms with Gasteiger partial charge >= 0.3 is 11.9 Å². The maximum absolute atomic E-state index is 10.9. The first-order valence-corrected chi connectivity index (χ1v) is 4.14. The van der Waals surface area contributed by atoms with Crippen LogP contribution in [0.3, 0.4) is 0 Å². The van der Waals surface area contributed by atoms with Gasteiger partial charge in [0.2, 0.25) is 0 Å². The van der Waals surface area contributed by atoms with Gasteiger partial charge in [-0.15, -0.1) is 0 Å². The van der Waals surface area contributed by atoms with Crippen LogP contribution in [0.4, 0.5) is 0 Å². The van der Waals surface area contributed by atoms with E-state index >= 15 is 0 Å². The molecule has 1 saturated heterocycles. The highest BCUT2D eigenvalue weighted by atomic mass is 16.6. The number of carbonyl (C=O) groups excluding carboxylic acids is 2. The summed E-state index contributed by atoms with van der Waals surface area (Å²) in [5.41, 5.74) is 0. The van der Waals surface area contributed by atoms with Crippen molar-refractivity contribution in [2.45, 2.75) is 25.7 Å². The maximum Gasteiger partial charge on any atom is 0.312 e. The first-order chi connectivity index (χ1) is 6.58. The van der Waals surface area contributed by atoms with Crippen molar-refractivity contribution in [2.75, 3.05) is 0 Å². The SMILES string of the molecule is N=C1CCC(=N)OC(=O)CCC(=O)O1. The van der Waals surface area contributed by atoms with Crippen LogP contribution in [0.1, 0.15) is 25.7 Å². The van der Waals surface area contributed by atoms with Crippen LogP contribution < -0.4 is 0 Å². The molecular formula is C8H10N2O4. The molecule has 6 heteroatoms. The Labute approximate surface area is 80.2 Å². The van der Waals surface area contributed by atoms with E-state index in [9.17, 15) is 9.59 Å². The predicted molar refractivity (Wildman–Crippen MR) is 46.1 cm³/mol. The zero-order valence-corrected chi connectivity index (χ0v) is 7.46. The standard InChI is InChI=1S/C8H10N2O4/c9-5-1-2-6(10)14-8(12)4-3-7(11)13-5/h9-10H,1-4H2. The third kappa shape index (κ3) is 3.34. The molecule has 0 aromatic rings. The van der Waals surface area contributed by atoms with Crippen LogP contribution in [0.2, 0.25) is 0 Å². The summed E-state index contributed by atoms with van der Waals surface area (Å²) in [6, 6.07) is 0. The Morgan fingerprint density at radius 1 is 0.786 bits per heavy atom. The molecule has 0 amide bonds. The Kier molecular flexibility index (Phi) is 3.33. The second kappa shape index (κ2) is 4.50. The zero-order chi connectivity index (χ0) is 10.6. The monoisotopic (exact) mass is 198 g/mol. The van der Waals surface area contributed by atoms with Crippen LogP contribution in [0, 0.1) is 10.8 Å². The molecule has 1 heterocycles. The highest BCUT2D eigenvalue weighted by Crippen LogP contribution is 2.05. The molecular weight excluding hydrogens is 188 g/mol. The van der Waals surface area contributed by atoms with E-state index < -0.39 is 11.9 Å². The minimum atomic E-state index is -0.611. The van der Waals surface area contributed by atoms with Gasteiger partial charge in [-0.2, -0.15) is 0 Å². The molecule has 0 saturated carbocycles. The molecule has 0 bridgehead atoms. The largest absolute Gasteiger partial charge is 0.412 e. The van der Waals surface area contributed by atoms with Crippen LogP contribution in [0.5, 0.6) is 0 Å². The van der Waals surface area contributed by atoms with Gasteiger partial charge in [-0.25, -0.2) is 0 Å². The van der Waals surface area contributed by atoms with Crippen molar-refractivity contribution in [1.29, 1.82) is 10.8 Å². The summed E-state index contributed by atoms with van der Waals surface area (Å²) in [6.45, 7) is 0. The van der Waals surface area contributed by atoms with Gasteiger partial charge in [0.25, 0.3) is 0 Å². The average Bonchev–Trinajstić information content (AvgIpc) is 2.11. The minimum absolute atomic E-state index is 0.0951. The van der Waals surface area contributed by atoms with Gasteiger partial charge in [-0.1, -0.05) is 0 Å². The Morgan fingerprint density at radius 3 is 1.50 bits per heavy atom. The lowest BCUT2D eigenvalue weighted by molar-refractivity contribution is -0.142. The molecule has 0 aliphatic carbocycles. The average molecular weight is 198 g/mol. The fourth-order valence-corrected chi connectivity index (χ4v) is 0.910. The first-order valence-electron chi connectivity index (χ1n) is 4.14. The zero-order valence-electron chi connectivity index (χ0n) is 7.46. The number of nitrogens with one attached hydrogen (secondary N) is 2. The van der Waals surface area contributed by atoms with Crippen molar-refractivity contribution >= 4 is 23.7 Å². The number of ether oxygens (including phenoxy) is 2. The van der Waals surface area contributed by atoms with Crippen LogP contribution >= 0.6 is 0 Å². The summed E-state index contributed by atoms with van der Waals surface area (Å²) in [7, 11) is 0. The Bertz CT molecular complexity index is 240. The second-order valence-electron chi connectivity index (χ2n) is 2.79. The van der Waals surface area contributed by atoms with E-state index in [0.29, 0.717) is 0 Å². The van der Waals surface area contributed by atoms with Gasteiger partial charge in [-0.3, -0.25) is 20.4 Å². The van der Waals surface area contributed by atoms with Gasteiger partial charge in [0.1, 0.15) is 0 Å². The van der Waals surface area contributed by atoms with Crippen molar-refractivity contribution < 1.29 is 19.1 Å². The van der Waals surface area contributed by atoms with Gasteiger partial charge < -0.3 is 9.47 Å². The smallest absolute Gasteiger partial charge is 0.312 e. The molecule has 1 aliphatic heterocycles. The molecule has 6 nitrogen and oxygen atoms in total. The summed E-state index contributed by atoms with van der Waals surface area (Å²) in [6.07, 6.45) is -0.0430. The molecule has 1 aliphatic rings. The molecule has 0 unspecified atom stereocenters. The first kappa shape index (κ1) is 10.4. The topological polar surface area (TPSA) is 100 Å². The Morgan fingerprint density at radius 2 is 1.14 bits per heavy atom. The number of esters is 2. The quantitative estimate of drug-likeness (QED) is 0.556. The van der Waals surface area contributed by atoms with E-state index in [2.05, 4.69) is 9.47 Å². The van der Waals surface area contributed by atoms with Crippen molar-refractivity contribution in [1.82, 2.24) is 0 Å². The van der Waals surface area contributed by atoms with Gasteiger partial charge in [0.15, 0.2) is 11.8 Å². The summed E-state index contributed by atoms with van der Waals surface area (Å²) in [4.78, 5) is 21.8. The number of hydrogen-bond donors (Lipinski definition) is 2. The second-order valence-corrected chi connectivity index (χ2v) is 2.79. The summed E-state index contributed by atoms with van der Waals surface area (Å²) < 4.78 is 9.13. The maximum atomic E-state index is 10.9. The molecule has 0 atom stereocenters. The van der Waals surface area contributed by atoms with E-state index in [-0.39, 0.29) is 37.5 Å². The lowest BCUT2D eigenvalue weighted by Crippen LogP contribution is -2.20. The molecule has 1 fully saturated rings. The summed E-state index contributed by atoms with van der Waals surface area (Å²) >= 11 is 0. The van der Waals surface area contributed by atoms with E-state index in [1.807, 2.05) is 0 Å². The normalized spacial score (nSPS) is 20.0. The van der Waals surface area contributed by atoms with Crippen molar-refractivity contribution in [2.24, 2.45) is 0 Å². The molecule has 0 aromatic heterocycles. The fraction of sp³-hybridized carbons (Fsp3) is 0.500. The van der Waals surface area contributed by atoms with Crippen LogP contribution in [0.25, 0.3) is 0 Å². The van der Waals surface area contributed by atoms with Gasteiger partial charge in [0.05, 0.1) is 12.8 Å². The predicted octanol–water partition coefficient (Wildman–Crippen LogP) is 0.601. The number of rotatable bonds is 0. The lowest BCUT2D eigenvalue weighted by atomic mass is 10.2. The number of carbonyl (C=O) groups is 2. The van der Waals surface area contributed by atoms with Crippen LogP contribution in [0.15, 0.2) is 0 Å². The number of cyclic esters (lactones) is 2. The van der Waals surface area contributed by atoms with Crippen LogP contribution in [-0.2, 0) is 19.1 Å². The third-order valence-electron chi connectivity index (χ3n) is 1.59. The minimum Gasteiger partial charge on any atom is -0.412 e. The van der Waals surface area contributed by atoms with Gasteiger partial charge in [0, 0.05) is 12.8 Å². The van der Waals surface area contributed by atoms with E-state index in [0.717, 1.165) is 0 Å². The molecule has 0 spiro atoms. The van der Waals surface area contributed by atoms with Crippen molar-refractivity contribution in [3.63, 3.8) is 0 Å². The highest BCUT2D eigenvalue weighted by molar-refractivity contribution is 5.94. The van der Waals surface area contributed by atoms with E-state index in [1.165, 1.54) is 0 Å². The highest BCUT2D eigenvalue weighted by Gasteiger charge is 2.16. The third-order valence-corrected chi connectivity index (χ3v) is 1.59. The molecule has 2 N–H and O–H groups in total. The Balaban J connectivity index is 2.59. The fourth-order valence-electron chi connectivity index (χ4n) is 0.910. The molecule has 1 rings (SSSR count). The molecule has 76 valence electrons. The summed E-state index contributed by atoms with van der Waals surface area (Å²) in [5, 5.41) is 14.4. The van der Waals surface area contributed by atoms with Gasteiger partial charge in [-0.05, 0) is 0 Å². The molecule has 0 radical (unpaired) electrons. The Hall–Kier alpha value is -1.72. The van der Waals surface area contributed by atoms with E-state index in [1.54, 1.807) is 0 Å². The van der Waals surface area contributed by atoms with Crippen LogP contribution in [-0.4, -0.2) is 23.7 Å². The molecule has 0 aromatic carbocycles. The van der Waals surface area contributed by atoms with Crippen molar-refractivity contribution in [3.05, 3.63) is 0 Å². The van der Waals surface area contributed by atoms with E-state index in [4.69, 9.17) is 10.8 Å². The van der Waals surface area contributed by atoms with Crippen molar-refractivity contribution in [3.8, 4) is 0 Å². The lowest BCUT2D eigenvalue weighted by Gasteiger charge is -2.09. The number of hydrogen-bond acceptors (Lipinski definition) is 6. The molecule has 14 heavy (non-hydrogen) atoms.